The van der Waals surface area contributed by atoms with E-state index in [2.05, 4.69) is 0 Å². The largest absolute Gasteiger partial charge is 0.481 e. The summed E-state index contributed by atoms with van der Waals surface area (Å²) in [6.45, 7) is 0. The summed E-state index contributed by atoms with van der Waals surface area (Å²) >= 11 is 0. The first-order valence-corrected chi connectivity index (χ1v) is 3.84. The molecule has 0 aliphatic rings. The lowest BCUT2D eigenvalue weighted by atomic mass is 10.1. The van der Waals surface area contributed by atoms with Crippen LogP contribution in [0, 0.1) is 0 Å². The molecule has 0 aliphatic carbocycles. The first kappa shape index (κ1) is 10.8. The van der Waals surface area contributed by atoms with E-state index in [0.717, 1.165) is 0 Å². The molecule has 0 spiro atoms. The van der Waals surface area contributed by atoms with Crippen LogP contribution in [0.25, 0.3) is 0 Å². The zero-order valence-electron chi connectivity index (χ0n) is 6.78. The van der Waals surface area contributed by atoms with E-state index < -0.39 is 5.97 Å². The number of hydrogen-bond donors (Lipinski definition) is 1. The standard InChI is InChI=1S/C8H12O4/c9-6-2-4-7(10)3-1-5-8(11)12/h6H,1-5H2,(H,11,12). The van der Waals surface area contributed by atoms with Crippen LogP contribution in [-0.4, -0.2) is 23.1 Å². The number of ketones is 1. The Balaban J connectivity index is 3.31. The van der Waals surface area contributed by atoms with Crippen LogP contribution >= 0.6 is 0 Å². The molecule has 4 heteroatoms. The smallest absolute Gasteiger partial charge is 0.303 e. The van der Waals surface area contributed by atoms with Crippen LogP contribution < -0.4 is 0 Å². The second kappa shape index (κ2) is 6.52. The number of aldehydes is 1. The summed E-state index contributed by atoms with van der Waals surface area (Å²) in [4.78, 5) is 30.7. The second-order valence-electron chi connectivity index (χ2n) is 2.49. The molecule has 0 bridgehead atoms. The van der Waals surface area contributed by atoms with E-state index in [-0.39, 0.29) is 31.5 Å². The number of rotatable bonds is 7. The molecule has 0 aromatic heterocycles. The number of carbonyl (C=O) groups is 3. The number of aliphatic carboxylic acids is 1. The van der Waals surface area contributed by atoms with E-state index in [9.17, 15) is 14.4 Å². The summed E-state index contributed by atoms with van der Waals surface area (Å²) < 4.78 is 0. The third-order valence-corrected chi connectivity index (χ3v) is 1.39. The van der Waals surface area contributed by atoms with Gasteiger partial charge in [-0.1, -0.05) is 0 Å². The predicted molar refractivity (Wildman–Crippen MR) is 41.8 cm³/mol. The maximum atomic E-state index is 10.8. The van der Waals surface area contributed by atoms with Crippen LogP contribution in [-0.2, 0) is 14.4 Å². The number of Topliss-reactive ketones (excluding diaryl/α,β-unsaturated/α-hetero) is 1. The molecule has 0 heterocycles. The van der Waals surface area contributed by atoms with E-state index in [0.29, 0.717) is 12.7 Å². The average molecular weight is 172 g/mol. The van der Waals surface area contributed by atoms with Crippen molar-refractivity contribution in [3.05, 3.63) is 0 Å². The van der Waals surface area contributed by atoms with Crippen molar-refractivity contribution in [3.63, 3.8) is 0 Å². The SMILES string of the molecule is O=CCCC(=O)CCCC(=O)O. The maximum Gasteiger partial charge on any atom is 0.303 e. The monoisotopic (exact) mass is 172 g/mol. The summed E-state index contributed by atoms with van der Waals surface area (Å²) in [5, 5.41) is 8.23. The molecule has 0 unspecified atom stereocenters. The van der Waals surface area contributed by atoms with Crippen molar-refractivity contribution in [3.8, 4) is 0 Å². The Morgan fingerprint density at radius 2 is 1.83 bits per heavy atom. The summed E-state index contributed by atoms with van der Waals surface area (Å²) in [6, 6.07) is 0. The van der Waals surface area contributed by atoms with Gasteiger partial charge in [-0.25, -0.2) is 0 Å². The molecule has 1 N–H and O–H groups in total. The summed E-state index contributed by atoms with van der Waals surface area (Å²) in [7, 11) is 0. The van der Waals surface area contributed by atoms with Crippen molar-refractivity contribution < 1.29 is 19.5 Å². The highest BCUT2D eigenvalue weighted by atomic mass is 16.4. The van der Waals surface area contributed by atoms with Crippen LogP contribution in [0.15, 0.2) is 0 Å². The average Bonchev–Trinajstić information content (AvgIpc) is 2.00. The normalized spacial score (nSPS) is 9.33. The van der Waals surface area contributed by atoms with Crippen LogP contribution in [0.1, 0.15) is 32.1 Å². The van der Waals surface area contributed by atoms with Crippen molar-refractivity contribution in [2.24, 2.45) is 0 Å². The van der Waals surface area contributed by atoms with Gasteiger partial charge in [0.1, 0.15) is 12.1 Å². The van der Waals surface area contributed by atoms with E-state index >= 15 is 0 Å². The van der Waals surface area contributed by atoms with E-state index in [1.807, 2.05) is 0 Å². The van der Waals surface area contributed by atoms with Crippen molar-refractivity contribution in [1.29, 1.82) is 0 Å². The highest BCUT2D eigenvalue weighted by Gasteiger charge is 2.02. The molecule has 4 nitrogen and oxygen atoms in total. The third kappa shape index (κ3) is 6.92. The van der Waals surface area contributed by atoms with Crippen molar-refractivity contribution >= 4 is 18.0 Å². The van der Waals surface area contributed by atoms with Crippen LogP contribution in [0.2, 0.25) is 0 Å². The Morgan fingerprint density at radius 1 is 1.17 bits per heavy atom. The van der Waals surface area contributed by atoms with E-state index in [1.54, 1.807) is 0 Å². The number of carboxylic acid groups (broad SMARTS) is 1. The van der Waals surface area contributed by atoms with Gasteiger partial charge in [0.25, 0.3) is 0 Å². The van der Waals surface area contributed by atoms with Gasteiger partial charge in [-0.3, -0.25) is 9.59 Å². The molecule has 0 saturated carbocycles. The minimum Gasteiger partial charge on any atom is -0.481 e. The lowest BCUT2D eigenvalue weighted by Gasteiger charge is -1.95. The van der Waals surface area contributed by atoms with Gasteiger partial charge in [-0.2, -0.15) is 0 Å². The quantitative estimate of drug-likeness (QED) is 0.576. The molecule has 68 valence electrons. The Hall–Kier alpha value is -1.19. The number of carbonyl (C=O) groups excluding carboxylic acids is 2. The molecule has 0 amide bonds. The number of carboxylic acids is 1. The van der Waals surface area contributed by atoms with Crippen molar-refractivity contribution in [1.82, 2.24) is 0 Å². The Morgan fingerprint density at radius 3 is 2.33 bits per heavy atom. The highest BCUT2D eigenvalue weighted by Crippen LogP contribution is 2.00. The third-order valence-electron chi connectivity index (χ3n) is 1.39. The summed E-state index contributed by atoms with van der Waals surface area (Å²) in [5.41, 5.74) is 0. The Bertz CT molecular complexity index is 174. The van der Waals surface area contributed by atoms with E-state index in [4.69, 9.17) is 5.11 Å². The molecule has 0 aromatic carbocycles. The fourth-order valence-electron chi connectivity index (χ4n) is 0.782. The van der Waals surface area contributed by atoms with Crippen molar-refractivity contribution in [2.45, 2.75) is 32.1 Å². The Labute approximate surface area is 70.6 Å². The van der Waals surface area contributed by atoms with Gasteiger partial charge >= 0.3 is 5.97 Å². The van der Waals surface area contributed by atoms with Gasteiger partial charge in [-0.15, -0.1) is 0 Å². The van der Waals surface area contributed by atoms with E-state index in [1.165, 1.54) is 0 Å². The maximum absolute atomic E-state index is 10.8. The molecule has 0 rings (SSSR count). The van der Waals surface area contributed by atoms with Gasteiger partial charge in [0, 0.05) is 25.7 Å². The highest BCUT2D eigenvalue weighted by molar-refractivity contribution is 5.80. The number of hydrogen-bond acceptors (Lipinski definition) is 3. The molecule has 0 aliphatic heterocycles. The predicted octanol–water partition coefficient (Wildman–Crippen LogP) is 0.789. The first-order chi connectivity index (χ1) is 5.66. The molecule has 0 aromatic rings. The zero-order valence-corrected chi connectivity index (χ0v) is 6.78. The minimum absolute atomic E-state index is 0.0207. The minimum atomic E-state index is -0.891. The molecule has 12 heavy (non-hydrogen) atoms. The fourth-order valence-corrected chi connectivity index (χ4v) is 0.782. The first-order valence-electron chi connectivity index (χ1n) is 3.84. The van der Waals surface area contributed by atoms with Crippen molar-refractivity contribution in [2.75, 3.05) is 0 Å². The lowest BCUT2D eigenvalue weighted by molar-refractivity contribution is -0.137. The fraction of sp³-hybridized carbons (Fsp3) is 0.625. The Kier molecular flexibility index (Phi) is 5.87. The van der Waals surface area contributed by atoms with Gasteiger partial charge in [0.05, 0.1) is 0 Å². The lowest BCUT2D eigenvalue weighted by Crippen LogP contribution is -2.01. The van der Waals surface area contributed by atoms with Gasteiger partial charge in [0.15, 0.2) is 0 Å². The van der Waals surface area contributed by atoms with Crippen LogP contribution in [0.3, 0.4) is 0 Å². The summed E-state index contributed by atoms with van der Waals surface area (Å²) in [6.07, 6.45) is 1.82. The van der Waals surface area contributed by atoms with Gasteiger partial charge < -0.3 is 9.90 Å². The van der Waals surface area contributed by atoms with Gasteiger partial charge in [0.2, 0.25) is 0 Å². The molecule has 0 radical (unpaired) electrons. The molecule has 0 fully saturated rings. The molecule has 0 atom stereocenters. The van der Waals surface area contributed by atoms with Gasteiger partial charge in [-0.05, 0) is 6.42 Å². The summed E-state index contributed by atoms with van der Waals surface area (Å²) in [5.74, 6) is -0.929. The molecular formula is C8H12O4. The molecular weight excluding hydrogens is 160 g/mol. The zero-order chi connectivity index (χ0) is 9.40. The topological polar surface area (TPSA) is 71.4 Å². The molecule has 0 saturated heterocycles. The van der Waals surface area contributed by atoms with Crippen LogP contribution in [0.4, 0.5) is 0 Å². The second-order valence-corrected chi connectivity index (χ2v) is 2.49. The van der Waals surface area contributed by atoms with Crippen LogP contribution in [0.5, 0.6) is 0 Å².